The first-order valence-electron chi connectivity index (χ1n) is 6.44. The highest BCUT2D eigenvalue weighted by atomic mass is 32.1. The SMILES string of the molecule is CC(C)Nc1nc(N)c(C(=O)N2CCC(CO)C2)s1. The zero-order valence-corrected chi connectivity index (χ0v) is 12.0. The molecule has 1 aliphatic rings. The van der Waals surface area contributed by atoms with Gasteiger partial charge in [0, 0.05) is 31.7 Å². The number of likely N-dealkylation sites (tertiary alicyclic amines) is 1. The number of aliphatic hydroxyl groups excluding tert-OH is 1. The molecule has 7 heteroatoms. The molecule has 2 rings (SSSR count). The van der Waals surface area contributed by atoms with E-state index in [1.165, 1.54) is 11.3 Å². The molecule has 0 spiro atoms. The maximum absolute atomic E-state index is 12.3. The van der Waals surface area contributed by atoms with E-state index in [1.54, 1.807) is 4.90 Å². The van der Waals surface area contributed by atoms with Crippen molar-refractivity contribution >= 4 is 28.2 Å². The van der Waals surface area contributed by atoms with Gasteiger partial charge in [-0.15, -0.1) is 0 Å². The van der Waals surface area contributed by atoms with Crippen molar-refractivity contribution < 1.29 is 9.90 Å². The van der Waals surface area contributed by atoms with E-state index in [4.69, 9.17) is 10.8 Å². The molecule has 0 radical (unpaired) electrons. The van der Waals surface area contributed by atoms with Crippen LogP contribution in [0.2, 0.25) is 0 Å². The standard InChI is InChI=1S/C12H20N4O2S/c1-7(2)14-12-15-10(13)9(19-12)11(18)16-4-3-8(5-16)6-17/h7-8,17H,3-6,13H2,1-2H3,(H,14,15). The van der Waals surface area contributed by atoms with E-state index >= 15 is 0 Å². The summed E-state index contributed by atoms with van der Waals surface area (Å²) >= 11 is 1.29. The van der Waals surface area contributed by atoms with Gasteiger partial charge < -0.3 is 21.1 Å². The first-order chi connectivity index (χ1) is 9.01. The summed E-state index contributed by atoms with van der Waals surface area (Å²) in [7, 11) is 0. The van der Waals surface area contributed by atoms with E-state index in [2.05, 4.69) is 10.3 Å². The fourth-order valence-corrected chi connectivity index (χ4v) is 3.10. The Kier molecular flexibility index (Phi) is 4.26. The Hall–Kier alpha value is -1.34. The van der Waals surface area contributed by atoms with Crippen molar-refractivity contribution in [2.24, 2.45) is 5.92 Å². The van der Waals surface area contributed by atoms with E-state index in [0.29, 0.717) is 23.1 Å². The molecule has 0 aliphatic carbocycles. The monoisotopic (exact) mass is 284 g/mol. The molecular weight excluding hydrogens is 264 g/mol. The number of nitrogen functional groups attached to an aromatic ring is 1. The highest BCUT2D eigenvalue weighted by molar-refractivity contribution is 7.18. The minimum absolute atomic E-state index is 0.0808. The first kappa shape index (κ1) is 14.1. The fraction of sp³-hybridized carbons (Fsp3) is 0.667. The zero-order chi connectivity index (χ0) is 14.0. The average molecular weight is 284 g/mol. The number of rotatable bonds is 4. The minimum atomic E-state index is -0.0808. The van der Waals surface area contributed by atoms with Crippen LogP contribution in [0.3, 0.4) is 0 Å². The Morgan fingerprint density at radius 3 is 3.00 bits per heavy atom. The van der Waals surface area contributed by atoms with Gasteiger partial charge in [-0.1, -0.05) is 11.3 Å². The van der Waals surface area contributed by atoms with E-state index in [9.17, 15) is 4.79 Å². The Bertz CT molecular complexity index is 461. The lowest BCUT2D eigenvalue weighted by molar-refractivity contribution is 0.0787. The van der Waals surface area contributed by atoms with Crippen LogP contribution < -0.4 is 11.1 Å². The van der Waals surface area contributed by atoms with Crippen LogP contribution in [0.5, 0.6) is 0 Å². The summed E-state index contributed by atoms with van der Waals surface area (Å²) in [6.45, 7) is 5.41. The molecule has 0 saturated carbocycles. The predicted octanol–water partition coefficient (Wildman–Crippen LogP) is 1.000. The largest absolute Gasteiger partial charge is 0.396 e. The van der Waals surface area contributed by atoms with Crippen molar-refractivity contribution in [1.29, 1.82) is 0 Å². The molecule has 1 aromatic heterocycles. The molecule has 4 N–H and O–H groups in total. The number of aromatic nitrogens is 1. The van der Waals surface area contributed by atoms with Crippen LogP contribution in [0.15, 0.2) is 0 Å². The smallest absolute Gasteiger partial charge is 0.267 e. The van der Waals surface area contributed by atoms with Crippen molar-refractivity contribution in [3.05, 3.63) is 4.88 Å². The van der Waals surface area contributed by atoms with Gasteiger partial charge in [-0.25, -0.2) is 4.98 Å². The van der Waals surface area contributed by atoms with Crippen molar-refractivity contribution in [1.82, 2.24) is 9.88 Å². The van der Waals surface area contributed by atoms with Gasteiger partial charge in [0.2, 0.25) is 0 Å². The van der Waals surface area contributed by atoms with Gasteiger partial charge >= 0.3 is 0 Å². The van der Waals surface area contributed by atoms with Crippen LogP contribution in [-0.2, 0) is 0 Å². The van der Waals surface area contributed by atoms with Crippen LogP contribution in [-0.4, -0.2) is 46.6 Å². The van der Waals surface area contributed by atoms with Crippen molar-refractivity contribution in [2.45, 2.75) is 26.3 Å². The molecule has 1 amide bonds. The molecule has 1 fully saturated rings. The van der Waals surface area contributed by atoms with Crippen LogP contribution in [0.1, 0.15) is 29.9 Å². The summed E-state index contributed by atoms with van der Waals surface area (Å²) in [5, 5.41) is 12.9. The molecule has 0 aromatic carbocycles. The highest BCUT2D eigenvalue weighted by Gasteiger charge is 2.29. The lowest BCUT2D eigenvalue weighted by Gasteiger charge is -2.14. The second kappa shape index (κ2) is 5.75. The lowest BCUT2D eigenvalue weighted by atomic mass is 10.1. The highest BCUT2D eigenvalue weighted by Crippen LogP contribution is 2.28. The molecular formula is C12H20N4O2S. The summed E-state index contributed by atoms with van der Waals surface area (Å²) in [6.07, 6.45) is 0.845. The van der Waals surface area contributed by atoms with Crippen LogP contribution in [0, 0.1) is 5.92 Å². The number of hydrogen-bond donors (Lipinski definition) is 3. The van der Waals surface area contributed by atoms with Gasteiger partial charge in [0.1, 0.15) is 10.7 Å². The number of nitrogens with zero attached hydrogens (tertiary/aromatic N) is 2. The Balaban J connectivity index is 2.09. The summed E-state index contributed by atoms with van der Waals surface area (Å²) in [5.74, 6) is 0.389. The maximum atomic E-state index is 12.3. The zero-order valence-electron chi connectivity index (χ0n) is 11.2. The van der Waals surface area contributed by atoms with Gasteiger partial charge in [0.25, 0.3) is 5.91 Å². The average Bonchev–Trinajstić information content (AvgIpc) is 2.94. The molecule has 1 unspecified atom stereocenters. The van der Waals surface area contributed by atoms with Crippen LogP contribution >= 0.6 is 11.3 Å². The Morgan fingerprint density at radius 1 is 1.68 bits per heavy atom. The third-order valence-electron chi connectivity index (χ3n) is 3.09. The quantitative estimate of drug-likeness (QED) is 0.767. The number of thiazole rings is 1. The molecule has 1 saturated heterocycles. The number of carbonyl (C=O) groups excluding carboxylic acids is 1. The summed E-state index contributed by atoms with van der Waals surface area (Å²) < 4.78 is 0. The van der Waals surface area contributed by atoms with E-state index in [-0.39, 0.29) is 30.3 Å². The fourth-order valence-electron chi connectivity index (χ4n) is 2.10. The van der Waals surface area contributed by atoms with Crippen molar-refractivity contribution in [3.63, 3.8) is 0 Å². The summed E-state index contributed by atoms with van der Waals surface area (Å²) in [5.41, 5.74) is 5.82. The summed E-state index contributed by atoms with van der Waals surface area (Å²) in [6, 6.07) is 0.249. The number of nitrogens with two attached hydrogens (primary N) is 1. The number of hydrogen-bond acceptors (Lipinski definition) is 6. The second-order valence-electron chi connectivity index (χ2n) is 5.12. The molecule has 6 nitrogen and oxygen atoms in total. The maximum Gasteiger partial charge on any atom is 0.267 e. The van der Waals surface area contributed by atoms with Gasteiger partial charge in [0.15, 0.2) is 5.13 Å². The van der Waals surface area contributed by atoms with Gasteiger partial charge in [0.05, 0.1) is 0 Å². The van der Waals surface area contributed by atoms with Gasteiger partial charge in [-0.2, -0.15) is 0 Å². The van der Waals surface area contributed by atoms with Crippen molar-refractivity contribution in [3.8, 4) is 0 Å². The number of nitrogens with one attached hydrogen (secondary N) is 1. The first-order valence-corrected chi connectivity index (χ1v) is 7.26. The molecule has 2 heterocycles. The third-order valence-corrected chi connectivity index (χ3v) is 4.08. The van der Waals surface area contributed by atoms with E-state index in [0.717, 1.165) is 6.42 Å². The lowest BCUT2D eigenvalue weighted by Crippen LogP contribution is -2.29. The van der Waals surface area contributed by atoms with Crippen molar-refractivity contribution in [2.75, 3.05) is 30.7 Å². The summed E-state index contributed by atoms with van der Waals surface area (Å²) in [4.78, 5) is 18.7. The molecule has 1 atom stereocenters. The number of aliphatic hydroxyl groups is 1. The van der Waals surface area contributed by atoms with E-state index in [1.807, 2.05) is 13.8 Å². The third kappa shape index (κ3) is 3.16. The van der Waals surface area contributed by atoms with Crippen LogP contribution in [0.4, 0.5) is 10.9 Å². The molecule has 1 aromatic rings. The topological polar surface area (TPSA) is 91.5 Å². The van der Waals surface area contributed by atoms with Gasteiger partial charge in [-0.05, 0) is 20.3 Å². The number of amides is 1. The van der Waals surface area contributed by atoms with E-state index < -0.39 is 0 Å². The Labute approximate surface area is 116 Å². The number of anilines is 2. The normalized spacial score (nSPS) is 19.2. The number of carbonyl (C=O) groups is 1. The predicted molar refractivity (Wildman–Crippen MR) is 76.4 cm³/mol. The molecule has 19 heavy (non-hydrogen) atoms. The van der Waals surface area contributed by atoms with Crippen LogP contribution in [0.25, 0.3) is 0 Å². The molecule has 106 valence electrons. The molecule has 1 aliphatic heterocycles. The minimum Gasteiger partial charge on any atom is -0.396 e. The second-order valence-corrected chi connectivity index (χ2v) is 6.12. The Morgan fingerprint density at radius 2 is 2.42 bits per heavy atom. The van der Waals surface area contributed by atoms with Gasteiger partial charge in [-0.3, -0.25) is 4.79 Å². The molecule has 0 bridgehead atoms.